The maximum atomic E-state index is 13.2. The molecule has 1 N–H and O–H groups in total. The van der Waals surface area contributed by atoms with E-state index in [0.717, 1.165) is 0 Å². The molecule has 0 saturated heterocycles. The lowest BCUT2D eigenvalue weighted by molar-refractivity contribution is 0.0960. The van der Waals surface area contributed by atoms with Crippen molar-refractivity contribution in [2.45, 2.75) is 13.0 Å². The molecule has 1 aliphatic heterocycles. The fourth-order valence-corrected chi connectivity index (χ4v) is 2.98. The van der Waals surface area contributed by atoms with Gasteiger partial charge in [-0.15, -0.1) is 0 Å². The molecule has 3 heterocycles. The van der Waals surface area contributed by atoms with Crippen LogP contribution in [0.25, 0.3) is 10.9 Å². The molecule has 1 aliphatic rings. The predicted molar refractivity (Wildman–Crippen MR) is 90.6 cm³/mol. The van der Waals surface area contributed by atoms with Crippen molar-refractivity contribution in [1.29, 1.82) is 0 Å². The molecule has 0 aliphatic carbocycles. The van der Waals surface area contributed by atoms with Gasteiger partial charge >= 0.3 is 0 Å². The van der Waals surface area contributed by atoms with Crippen LogP contribution in [0.5, 0.6) is 5.88 Å². The summed E-state index contributed by atoms with van der Waals surface area (Å²) in [5.41, 5.74) is 1.33. The summed E-state index contributed by atoms with van der Waals surface area (Å²) in [6.07, 6.45) is 1.45. The maximum Gasteiger partial charge on any atom is 0.259 e. The fourth-order valence-electron chi connectivity index (χ4n) is 2.98. The van der Waals surface area contributed by atoms with Gasteiger partial charge in [0, 0.05) is 23.2 Å². The fraction of sp³-hybridized carbons (Fsp3) is 0.167. The van der Waals surface area contributed by atoms with E-state index in [9.17, 15) is 9.59 Å². The molecule has 2 aromatic heterocycles. The third-order valence-electron chi connectivity index (χ3n) is 4.02. The van der Waals surface area contributed by atoms with Crippen LogP contribution in [0.1, 0.15) is 17.3 Å². The van der Waals surface area contributed by atoms with Crippen LogP contribution in [0.2, 0.25) is 0 Å². The monoisotopic (exact) mass is 321 g/mol. The Bertz CT molecular complexity index is 996. The highest BCUT2D eigenvalue weighted by Crippen LogP contribution is 2.32. The van der Waals surface area contributed by atoms with Crippen molar-refractivity contribution in [1.82, 2.24) is 9.97 Å². The second-order valence-corrected chi connectivity index (χ2v) is 5.76. The number of pyridine rings is 2. The zero-order valence-corrected chi connectivity index (χ0v) is 13.0. The summed E-state index contributed by atoms with van der Waals surface area (Å²) in [4.78, 5) is 33.7. The molecule has 6 nitrogen and oxygen atoms in total. The van der Waals surface area contributed by atoms with Gasteiger partial charge in [-0.05, 0) is 25.1 Å². The first-order valence-corrected chi connectivity index (χ1v) is 7.69. The van der Waals surface area contributed by atoms with Crippen molar-refractivity contribution < 1.29 is 9.53 Å². The first-order valence-electron chi connectivity index (χ1n) is 7.69. The van der Waals surface area contributed by atoms with Crippen molar-refractivity contribution >= 4 is 22.5 Å². The summed E-state index contributed by atoms with van der Waals surface area (Å²) in [5, 5.41) is 0.715. The Morgan fingerprint density at radius 3 is 3.00 bits per heavy atom. The number of hydrogen-bond acceptors (Lipinski definition) is 4. The molecule has 3 aromatic rings. The Morgan fingerprint density at radius 1 is 1.29 bits per heavy atom. The Kier molecular flexibility index (Phi) is 3.30. The second kappa shape index (κ2) is 5.49. The van der Waals surface area contributed by atoms with Crippen molar-refractivity contribution in [3.05, 3.63) is 64.6 Å². The normalized spacial score (nSPS) is 16.5. The first kappa shape index (κ1) is 14.4. The Balaban J connectivity index is 1.87. The lowest BCUT2D eigenvalue weighted by Gasteiger charge is -2.32. The van der Waals surface area contributed by atoms with Crippen molar-refractivity contribution in [2.75, 3.05) is 11.4 Å². The van der Waals surface area contributed by atoms with Gasteiger partial charge < -0.3 is 9.72 Å². The highest BCUT2D eigenvalue weighted by atomic mass is 16.5. The van der Waals surface area contributed by atoms with Crippen LogP contribution >= 0.6 is 0 Å². The minimum Gasteiger partial charge on any atom is -0.471 e. The molecule has 0 fully saturated rings. The number of anilines is 1. The molecular weight excluding hydrogens is 306 g/mol. The average Bonchev–Trinajstić information content (AvgIpc) is 2.59. The number of amides is 1. The molecule has 120 valence electrons. The molecule has 6 heteroatoms. The van der Waals surface area contributed by atoms with E-state index in [0.29, 0.717) is 34.6 Å². The molecule has 1 atom stereocenters. The average molecular weight is 321 g/mol. The summed E-state index contributed by atoms with van der Waals surface area (Å²) >= 11 is 0. The lowest BCUT2D eigenvalue weighted by Crippen LogP contribution is -2.43. The van der Waals surface area contributed by atoms with Gasteiger partial charge in [-0.2, -0.15) is 0 Å². The van der Waals surface area contributed by atoms with Gasteiger partial charge in [-0.3, -0.25) is 14.5 Å². The highest BCUT2D eigenvalue weighted by Gasteiger charge is 2.30. The van der Waals surface area contributed by atoms with E-state index in [1.165, 1.54) is 6.07 Å². The van der Waals surface area contributed by atoms with Gasteiger partial charge in [0.05, 0.1) is 12.1 Å². The summed E-state index contributed by atoms with van der Waals surface area (Å²) in [7, 11) is 0. The number of rotatable bonds is 1. The van der Waals surface area contributed by atoms with Crippen LogP contribution in [0.15, 0.2) is 53.5 Å². The van der Waals surface area contributed by atoms with Gasteiger partial charge in [0.15, 0.2) is 0 Å². The number of para-hydroxylation sites is 1. The van der Waals surface area contributed by atoms with Gasteiger partial charge in [-0.1, -0.05) is 18.2 Å². The number of ether oxygens (including phenoxy) is 1. The summed E-state index contributed by atoms with van der Waals surface area (Å²) in [5.74, 6) is 0.195. The Labute approximate surface area is 137 Å². The number of H-pyrrole nitrogens is 1. The van der Waals surface area contributed by atoms with Gasteiger partial charge in [-0.25, -0.2) is 4.98 Å². The number of benzene rings is 1. The minimum atomic E-state index is -0.301. The van der Waals surface area contributed by atoms with E-state index in [-0.39, 0.29) is 17.6 Å². The molecule has 0 saturated carbocycles. The number of nitrogens with one attached hydrogen (secondary N) is 1. The van der Waals surface area contributed by atoms with E-state index >= 15 is 0 Å². The molecular formula is C18H15N3O3. The standard InChI is InChI=1S/C18H15N3O3/c1-11-10-21(15-7-4-8-19-17(15)24-11)18(23)13-9-16(22)20-14-6-3-2-5-12(13)14/h2-9,11H,10H2,1H3,(H,20,22)/t11-/m1/s1. The maximum absolute atomic E-state index is 13.2. The van der Waals surface area contributed by atoms with Crippen molar-refractivity contribution in [2.24, 2.45) is 0 Å². The number of carbonyl (C=O) groups is 1. The van der Waals surface area contributed by atoms with Gasteiger partial charge in [0.25, 0.3) is 5.91 Å². The first-order chi connectivity index (χ1) is 11.6. The number of hydrogen-bond donors (Lipinski definition) is 1. The van der Waals surface area contributed by atoms with Crippen LogP contribution in [-0.4, -0.2) is 28.5 Å². The smallest absolute Gasteiger partial charge is 0.259 e. The SMILES string of the molecule is C[C@@H]1CN(C(=O)c2cc(=O)[nH]c3ccccc23)c2cccnc2O1. The second-order valence-electron chi connectivity index (χ2n) is 5.76. The van der Waals surface area contributed by atoms with Crippen LogP contribution in [-0.2, 0) is 0 Å². The van der Waals surface area contributed by atoms with Crippen LogP contribution in [0.4, 0.5) is 5.69 Å². The quantitative estimate of drug-likeness (QED) is 0.746. The van der Waals surface area contributed by atoms with E-state index in [2.05, 4.69) is 9.97 Å². The third-order valence-corrected chi connectivity index (χ3v) is 4.02. The van der Waals surface area contributed by atoms with Gasteiger partial charge in [0.2, 0.25) is 11.4 Å². The lowest BCUT2D eigenvalue weighted by atomic mass is 10.1. The van der Waals surface area contributed by atoms with E-state index in [1.807, 2.05) is 25.1 Å². The largest absolute Gasteiger partial charge is 0.471 e. The van der Waals surface area contributed by atoms with Crippen LogP contribution < -0.4 is 15.2 Å². The summed E-state index contributed by atoms with van der Waals surface area (Å²) in [6, 6.07) is 12.2. The number of carbonyl (C=O) groups excluding carboxylic acids is 1. The number of fused-ring (bicyclic) bond motifs is 2. The molecule has 24 heavy (non-hydrogen) atoms. The van der Waals surface area contributed by atoms with E-state index < -0.39 is 0 Å². The minimum absolute atomic E-state index is 0.176. The zero-order chi connectivity index (χ0) is 16.7. The molecule has 1 aromatic carbocycles. The van der Waals surface area contributed by atoms with Crippen molar-refractivity contribution in [3.63, 3.8) is 0 Å². The molecule has 0 spiro atoms. The summed E-state index contributed by atoms with van der Waals surface area (Å²) in [6.45, 7) is 2.28. The topological polar surface area (TPSA) is 75.3 Å². The van der Waals surface area contributed by atoms with Crippen LogP contribution in [0.3, 0.4) is 0 Å². The summed E-state index contributed by atoms with van der Waals surface area (Å²) < 4.78 is 5.69. The molecule has 0 radical (unpaired) electrons. The Hall–Kier alpha value is -3.15. The van der Waals surface area contributed by atoms with Crippen LogP contribution in [0, 0.1) is 0 Å². The number of nitrogens with zero attached hydrogens (tertiary/aromatic N) is 2. The van der Waals surface area contributed by atoms with E-state index in [4.69, 9.17) is 4.74 Å². The number of aromatic amines is 1. The van der Waals surface area contributed by atoms with Crippen molar-refractivity contribution in [3.8, 4) is 5.88 Å². The molecule has 1 amide bonds. The third kappa shape index (κ3) is 2.32. The Morgan fingerprint density at radius 2 is 2.12 bits per heavy atom. The molecule has 4 rings (SSSR count). The predicted octanol–water partition coefficient (Wildman–Crippen LogP) is 2.35. The van der Waals surface area contributed by atoms with Gasteiger partial charge in [0.1, 0.15) is 11.8 Å². The zero-order valence-electron chi connectivity index (χ0n) is 13.0. The molecule has 0 unspecified atom stereocenters. The van der Waals surface area contributed by atoms with E-state index in [1.54, 1.807) is 29.3 Å². The highest BCUT2D eigenvalue weighted by molar-refractivity contribution is 6.14. The molecule has 0 bridgehead atoms. The number of aromatic nitrogens is 2.